The number of anilines is 1. The van der Waals surface area contributed by atoms with Gasteiger partial charge in [0.1, 0.15) is 41.2 Å². The zero-order valence-electron chi connectivity index (χ0n) is 24.7. The van der Waals surface area contributed by atoms with Crippen LogP contribution in [0, 0.1) is 17.5 Å². The molecule has 10 nitrogen and oxygen atoms in total. The number of halogens is 4. The highest BCUT2D eigenvalue weighted by Crippen LogP contribution is 2.42. The van der Waals surface area contributed by atoms with Gasteiger partial charge in [0, 0.05) is 36.7 Å². The van der Waals surface area contributed by atoms with Crippen molar-refractivity contribution in [2.24, 2.45) is 0 Å². The lowest BCUT2D eigenvalue weighted by Gasteiger charge is -2.39. The van der Waals surface area contributed by atoms with E-state index in [9.17, 15) is 18.7 Å². The lowest BCUT2D eigenvalue weighted by Crippen LogP contribution is -2.51. The van der Waals surface area contributed by atoms with Crippen LogP contribution in [-0.2, 0) is 4.74 Å². The molecule has 240 valence electrons. The molecule has 1 spiro atoms. The monoisotopic (exact) mass is 638 g/mol. The number of nitrogens with zero attached hydrogens (tertiary/aromatic N) is 5. The topological polar surface area (TPSA) is 113 Å². The predicted octanol–water partition coefficient (Wildman–Crippen LogP) is 5.00. The number of aromatic nitrogens is 3. The Bertz CT molecular complexity index is 1910. The maximum absolute atomic E-state index is 16.7. The van der Waals surface area contributed by atoms with Crippen molar-refractivity contribution < 1.29 is 36.9 Å². The van der Waals surface area contributed by atoms with Crippen molar-refractivity contribution in [3.05, 3.63) is 47.9 Å². The lowest BCUT2D eigenvalue weighted by atomic mass is 9.93. The third kappa shape index (κ3) is 4.64. The summed E-state index contributed by atoms with van der Waals surface area (Å²) in [5.74, 6) is -3.28. The second kappa shape index (κ2) is 10.5. The minimum absolute atomic E-state index is 0.102. The summed E-state index contributed by atoms with van der Waals surface area (Å²) in [4.78, 5) is 29.4. The summed E-state index contributed by atoms with van der Waals surface area (Å²) >= 11 is 0. The Kier molecular flexibility index (Phi) is 6.64. The Labute approximate surface area is 260 Å². The number of benzene rings is 2. The lowest BCUT2D eigenvalue weighted by molar-refractivity contribution is 0.0445. The van der Waals surface area contributed by atoms with Crippen LogP contribution in [0.2, 0.25) is 0 Å². The summed E-state index contributed by atoms with van der Waals surface area (Å²) in [6.45, 7) is 2.27. The van der Waals surface area contributed by atoms with Crippen molar-refractivity contribution in [1.29, 1.82) is 0 Å². The number of hydrogen-bond acceptors (Lipinski definition) is 9. The molecule has 4 fully saturated rings. The molecule has 4 saturated heterocycles. The number of phenols is 1. The molecule has 2 N–H and O–H groups in total. The SMILES string of the molecule is O=C1NCC2(CCCN(c3nc(OC[C@@]45CCCN4C[C@H](F)C5)nc4c(F)c(-c5cc(O)cc6ccc(F)c(F)c56)ncc34)C2)O1. The third-order valence-corrected chi connectivity index (χ3v) is 9.82. The molecule has 1 unspecified atom stereocenters. The Balaban J connectivity index is 1.26. The minimum Gasteiger partial charge on any atom is -0.508 e. The number of nitrogens with one attached hydrogen (secondary N) is 1. The number of aromatic hydroxyl groups is 1. The molecule has 1 amide bonds. The number of amides is 1. The molecule has 0 saturated carbocycles. The zero-order chi connectivity index (χ0) is 31.8. The maximum atomic E-state index is 16.7. The van der Waals surface area contributed by atoms with Crippen molar-refractivity contribution in [1.82, 2.24) is 25.2 Å². The van der Waals surface area contributed by atoms with Crippen molar-refractivity contribution in [2.45, 2.75) is 49.4 Å². The van der Waals surface area contributed by atoms with Crippen LogP contribution in [0.1, 0.15) is 32.1 Å². The van der Waals surface area contributed by atoms with Crippen LogP contribution in [0.4, 0.5) is 28.2 Å². The van der Waals surface area contributed by atoms with Crippen molar-refractivity contribution in [3.63, 3.8) is 0 Å². The summed E-state index contributed by atoms with van der Waals surface area (Å²) in [7, 11) is 0. The number of alkyl halides is 1. The predicted molar refractivity (Wildman–Crippen MR) is 159 cm³/mol. The number of ether oxygens (including phenoxy) is 2. The largest absolute Gasteiger partial charge is 0.508 e. The Morgan fingerprint density at radius 3 is 2.78 bits per heavy atom. The molecule has 0 radical (unpaired) electrons. The molecule has 6 heterocycles. The molecule has 2 aromatic carbocycles. The van der Waals surface area contributed by atoms with Crippen LogP contribution < -0.4 is 15.0 Å². The first-order chi connectivity index (χ1) is 22.1. The molecule has 14 heteroatoms. The summed E-state index contributed by atoms with van der Waals surface area (Å²) in [5, 5.41) is 13.2. The van der Waals surface area contributed by atoms with Crippen LogP contribution in [0.3, 0.4) is 0 Å². The van der Waals surface area contributed by atoms with Crippen LogP contribution >= 0.6 is 0 Å². The molecule has 8 rings (SSSR count). The van der Waals surface area contributed by atoms with Gasteiger partial charge in [-0.2, -0.15) is 9.97 Å². The molecule has 4 aliphatic rings. The van der Waals surface area contributed by atoms with Crippen LogP contribution in [0.5, 0.6) is 11.8 Å². The molecular weight excluding hydrogens is 608 g/mol. The van der Waals surface area contributed by atoms with Crippen molar-refractivity contribution in [2.75, 3.05) is 44.2 Å². The first-order valence-corrected chi connectivity index (χ1v) is 15.3. The minimum atomic E-state index is -1.21. The van der Waals surface area contributed by atoms with Gasteiger partial charge in [-0.15, -0.1) is 0 Å². The number of fused-ring (bicyclic) bond motifs is 3. The third-order valence-electron chi connectivity index (χ3n) is 9.82. The van der Waals surface area contributed by atoms with Gasteiger partial charge in [0.15, 0.2) is 17.5 Å². The van der Waals surface area contributed by atoms with Gasteiger partial charge >= 0.3 is 12.1 Å². The molecule has 4 aromatic rings. The molecule has 4 aliphatic heterocycles. The van der Waals surface area contributed by atoms with E-state index < -0.39 is 40.9 Å². The first kappa shape index (κ1) is 29.0. The molecular formula is C32H30F4N6O4. The van der Waals surface area contributed by atoms with Gasteiger partial charge < -0.3 is 24.8 Å². The number of hydrogen-bond donors (Lipinski definition) is 2. The number of alkyl carbamates (subject to hydrolysis) is 1. The van der Waals surface area contributed by atoms with Crippen LogP contribution in [0.25, 0.3) is 32.9 Å². The Hall–Kier alpha value is -4.46. The molecule has 0 bridgehead atoms. The second-order valence-corrected chi connectivity index (χ2v) is 12.8. The summed E-state index contributed by atoms with van der Waals surface area (Å²) in [6.07, 6.45) is 3.11. The Morgan fingerprint density at radius 2 is 1.96 bits per heavy atom. The molecule has 2 aromatic heterocycles. The fraction of sp³-hybridized carbons (Fsp3) is 0.438. The first-order valence-electron chi connectivity index (χ1n) is 15.3. The number of carbonyl (C=O) groups is 1. The average molecular weight is 639 g/mol. The number of carbonyl (C=O) groups excluding carboxylic acids is 1. The Morgan fingerprint density at radius 1 is 1.11 bits per heavy atom. The van der Waals surface area contributed by atoms with E-state index in [1.54, 1.807) is 0 Å². The van der Waals surface area contributed by atoms with Crippen LogP contribution in [-0.4, -0.2) is 87.7 Å². The van der Waals surface area contributed by atoms with Gasteiger partial charge in [0.25, 0.3) is 0 Å². The van der Waals surface area contributed by atoms with Gasteiger partial charge in [-0.05, 0) is 55.8 Å². The molecule has 3 atom stereocenters. The van der Waals surface area contributed by atoms with E-state index in [2.05, 4.69) is 25.2 Å². The summed E-state index contributed by atoms with van der Waals surface area (Å²) < 4.78 is 72.4. The van der Waals surface area contributed by atoms with E-state index in [1.807, 2.05) is 4.90 Å². The van der Waals surface area contributed by atoms with E-state index in [4.69, 9.17) is 9.47 Å². The maximum Gasteiger partial charge on any atom is 0.407 e. The van der Waals surface area contributed by atoms with Gasteiger partial charge in [-0.3, -0.25) is 9.88 Å². The van der Waals surface area contributed by atoms with E-state index in [1.165, 1.54) is 18.3 Å². The standard InChI is InChI=1S/C32H30F4N6O4/c33-18-11-31(5-1-8-42(31)13-18)16-45-29-39-27-21(28(40-29)41-7-2-6-32(15-41)14-38-30(44)46-32)12-37-26(25(27)36)20-10-19(43)9-17-3-4-22(34)24(35)23(17)20/h3-4,9-10,12,18,43H,1-2,5-8,11,13-16H2,(H,38,44)/t18-,31+,32?/m1/s1. The quantitative estimate of drug-likeness (QED) is 0.292. The zero-order valence-corrected chi connectivity index (χ0v) is 24.7. The highest BCUT2D eigenvalue weighted by atomic mass is 19.2. The van der Waals surface area contributed by atoms with Gasteiger partial charge in [-0.1, -0.05) is 6.07 Å². The van der Waals surface area contributed by atoms with Crippen LogP contribution in [0.15, 0.2) is 30.5 Å². The highest BCUT2D eigenvalue weighted by molar-refractivity contribution is 6.00. The van der Waals surface area contributed by atoms with Gasteiger partial charge in [0.2, 0.25) is 0 Å². The second-order valence-electron chi connectivity index (χ2n) is 12.8. The molecule has 0 aliphatic carbocycles. The highest BCUT2D eigenvalue weighted by Gasteiger charge is 2.49. The van der Waals surface area contributed by atoms with E-state index in [0.29, 0.717) is 44.7 Å². The van der Waals surface area contributed by atoms with E-state index in [0.717, 1.165) is 31.5 Å². The average Bonchev–Trinajstić information content (AvgIpc) is 3.68. The smallest absolute Gasteiger partial charge is 0.407 e. The summed E-state index contributed by atoms with van der Waals surface area (Å²) in [5.41, 5.74) is -2.01. The van der Waals surface area contributed by atoms with E-state index >= 15 is 8.78 Å². The fourth-order valence-electron chi connectivity index (χ4n) is 7.74. The number of piperidine rings is 1. The number of rotatable bonds is 5. The number of pyridine rings is 1. The van der Waals surface area contributed by atoms with Crippen molar-refractivity contribution >= 4 is 33.6 Å². The molecule has 46 heavy (non-hydrogen) atoms. The normalized spacial score (nSPS) is 26.2. The van der Waals surface area contributed by atoms with Gasteiger partial charge in [-0.25, -0.2) is 22.4 Å². The van der Waals surface area contributed by atoms with Crippen molar-refractivity contribution in [3.8, 4) is 23.0 Å². The summed E-state index contributed by atoms with van der Waals surface area (Å²) in [6, 6.07) is 4.45. The van der Waals surface area contributed by atoms with E-state index in [-0.39, 0.29) is 57.8 Å². The fourth-order valence-corrected chi connectivity index (χ4v) is 7.74. The number of phenolic OH excluding ortho intramolecular Hbond substituents is 1. The van der Waals surface area contributed by atoms with Gasteiger partial charge in [0.05, 0.1) is 24.0 Å².